The van der Waals surface area contributed by atoms with Crippen LogP contribution >= 0.6 is 11.8 Å². The Morgan fingerprint density at radius 2 is 2.29 bits per heavy atom. The van der Waals surface area contributed by atoms with E-state index in [2.05, 4.69) is 6.92 Å². The molecule has 3 heteroatoms. The maximum Gasteiger partial charge on any atom is 0.127 e. The van der Waals surface area contributed by atoms with Crippen LogP contribution in [0.25, 0.3) is 0 Å². The number of thioether (sulfide) groups is 1. The third-order valence-corrected chi connectivity index (χ3v) is 3.87. The van der Waals surface area contributed by atoms with Crippen LogP contribution in [0, 0.1) is 5.82 Å². The van der Waals surface area contributed by atoms with E-state index in [1.165, 1.54) is 6.07 Å². The van der Waals surface area contributed by atoms with Crippen LogP contribution in [0.3, 0.4) is 0 Å². The number of benzene rings is 1. The molecule has 2 rings (SSSR count). The molecule has 0 bridgehead atoms. The zero-order valence-corrected chi connectivity index (χ0v) is 8.98. The summed E-state index contributed by atoms with van der Waals surface area (Å²) in [5, 5.41) is 0.511. The van der Waals surface area contributed by atoms with Gasteiger partial charge < -0.3 is 5.73 Å². The molecule has 1 nitrogen and oxygen atoms in total. The van der Waals surface area contributed by atoms with Crippen LogP contribution < -0.4 is 5.73 Å². The van der Waals surface area contributed by atoms with E-state index in [1.807, 2.05) is 6.07 Å². The largest absolute Gasteiger partial charge is 0.324 e. The molecule has 0 spiro atoms. The predicted octanol–water partition coefficient (Wildman–Crippen LogP) is 2.85. The van der Waals surface area contributed by atoms with E-state index in [4.69, 9.17) is 5.73 Å². The van der Waals surface area contributed by atoms with Crippen molar-refractivity contribution in [3.05, 3.63) is 35.1 Å². The van der Waals surface area contributed by atoms with Gasteiger partial charge in [-0.05, 0) is 18.1 Å². The Kier molecular flexibility index (Phi) is 2.79. The molecule has 1 heterocycles. The van der Waals surface area contributed by atoms with Crippen LogP contribution in [0.5, 0.6) is 0 Å². The average Bonchev–Trinajstić information content (AvgIpc) is 2.28. The fourth-order valence-corrected chi connectivity index (χ4v) is 2.95. The fourth-order valence-electron chi connectivity index (χ4n) is 1.85. The summed E-state index contributed by atoms with van der Waals surface area (Å²) in [6.07, 6.45) is 0.932. The van der Waals surface area contributed by atoms with Crippen LogP contribution in [0.4, 0.5) is 4.39 Å². The predicted molar refractivity (Wildman–Crippen MR) is 58.7 cm³/mol. The van der Waals surface area contributed by atoms with Gasteiger partial charge >= 0.3 is 0 Å². The minimum absolute atomic E-state index is 0.00861. The molecule has 1 aromatic rings. The number of hydrogen-bond acceptors (Lipinski definition) is 2. The number of rotatable bonds is 0. The van der Waals surface area contributed by atoms with Crippen molar-refractivity contribution in [2.45, 2.75) is 30.4 Å². The van der Waals surface area contributed by atoms with Gasteiger partial charge in [-0.2, -0.15) is 11.8 Å². The van der Waals surface area contributed by atoms with Gasteiger partial charge in [0.1, 0.15) is 5.82 Å². The quantitative estimate of drug-likeness (QED) is 0.714. The van der Waals surface area contributed by atoms with Gasteiger partial charge in [-0.1, -0.05) is 19.1 Å². The second-order valence-corrected chi connectivity index (χ2v) is 5.20. The van der Waals surface area contributed by atoms with Gasteiger partial charge in [-0.3, -0.25) is 0 Å². The minimum Gasteiger partial charge on any atom is -0.324 e. The number of nitrogens with two attached hydrogens (primary N) is 1. The highest BCUT2D eigenvalue weighted by Crippen LogP contribution is 2.34. The van der Waals surface area contributed by atoms with Gasteiger partial charge in [0.05, 0.1) is 0 Å². The lowest BCUT2D eigenvalue weighted by atomic mass is 9.98. The van der Waals surface area contributed by atoms with Gasteiger partial charge in [-0.15, -0.1) is 0 Å². The van der Waals surface area contributed by atoms with E-state index in [1.54, 1.807) is 17.8 Å². The summed E-state index contributed by atoms with van der Waals surface area (Å²) < 4.78 is 13.5. The van der Waals surface area contributed by atoms with Gasteiger partial charge in [-0.25, -0.2) is 4.39 Å². The second kappa shape index (κ2) is 3.91. The molecule has 2 N–H and O–H groups in total. The summed E-state index contributed by atoms with van der Waals surface area (Å²) in [6.45, 7) is 2.15. The summed E-state index contributed by atoms with van der Waals surface area (Å²) >= 11 is 1.78. The van der Waals surface area contributed by atoms with Crippen molar-refractivity contribution in [2.75, 3.05) is 0 Å². The molecule has 0 aromatic heterocycles. The summed E-state index contributed by atoms with van der Waals surface area (Å²) in [5.74, 6) is 0.635. The molecule has 76 valence electrons. The first-order valence-electron chi connectivity index (χ1n) is 4.83. The topological polar surface area (TPSA) is 26.0 Å². The lowest BCUT2D eigenvalue weighted by molar-refractivity contribution is 0.601. The maximum atomic E-state index is 13.5. The zero-order chi connectivity index (χ0) is 10.1. The molecule has 0 radical (unpaired) electrons. The standard InChI is InChI=1S/C11H14FNS/c1-7-5-11(13)8-3-2-4-10(12)9(8)6-14-7/h2-4,7,11H,5-6,13H2,1H3/t7?,11-/m1/s1. The second-order valence-electron chi connectivity index (χ2n) is 3.77. The van der Waals surface area contributed by atoms with Crippen molar-refractivity contribution in [1.29, 1.82) is 0 Å². The number of fused-ring (bicyclic) bond motifs is 1. The number of halogens is 1. The Hall–Kier alpha value is -0.540. The molecule has 2 atom stereocenters. The summed E-state index contributed by atoms with van der Waals surface area (Å²) in [7, 11) is 0. The van der Waals surface area contributed by atoms with Crippen LogP contribution in [0.2, 0.25) is 0 Å². The Morgan fingerprint density at radius 3 is 3.07 bits per heavy atom. The molecule has 0 amide bonds. The third-order valence-electron chi connectivity index (χ3n) is 2.65. The van der Waals surface area contributed by atoms with Crippen molar-refractivity contribution in [3.8, 4) is 0 Å². The van der Waals surface area contributed by atoms with E-state index < -0.39 is 0 Å². The van der Waals surface area contributed by atoms with Crippen molar-refractivity contribution in [2.24, 2.45) is 5.73 Å². The van der Waals surface area contributed by atoms with Crippen LogP contribution in [0.1, 0.15) is 30.5 Å². The summed E-state index contributed by atoms with van der Waals surface area (Å²) in [5.41, 5.74) is 7.81. The van der Waals surface area contributed by atoms with Crippen LogP contribution in [0.15, 0.2) is 18.2 Å². The first kappa shape index (κ1) is 9.99. The smallest absolute Gasteiger partial charge is 0.127 e. The van der Waals surface area contributed by atoms with Gasteiger partial charge in [0.15, 0.2) is 0 Å². The highest BCUT2D eigenvalue weighted by atomic mass is 32.2. The lowest BCUT2D eigenvalue weighted by Gasteiger charge is -2.13. The molecule has 1 aliphatic heterocycles. The lowest BCUT2D eigenvalue weighted by Crippen LogP contribution is -2.14. The van der Waals surface area contributed by atoms with Gasteiger partial charge in [0.25, 0.3) is 0 Å². The van der Waals surface area contributed by atoms with E-state index in [0.717, 1.165) is 23.3 Å². The van der Waals surface area contributed by atoms with Crippen molar-refractivity contribution in [1.82, 2.24) is 0 Å². The van der Waals surface area contributed by atoms with Crippen molar-refractivity contribution < 1.29 is 4.39 Å². The first-order valence-corrected chi connectivity index (χ1v) is 5.88. The zero-order valence-electron chi connectivity index (χ0n) is 8.16. The monoisotopic (exact) mass is 211 g/mol. The van der Waals surface area contributed by atoms with E-state index in [9.17, 15) is 4.39 Å². The first-order chi connectivity index (χ1) is 6.68. The summed E-state index contributed by atoms with van der Waals surface area (Å²) in [6, 6.07) is 5.20. The van der Waals surface area contributed by atoms with E-state index in [0.29, 0.717) is 5.25 Å². The molecule has 0 saturated carbocycles. The normalized spacial score (nSPS) is 26.8. The molecule has 0 saturated heterocycles. The molecule has 1 unspecified atom stereocenters. The Labute approximate surface area is 87.9 Å². The summed E-state index contributed by atoms with van der Waals surface area (Å²) in [4.78, 5) is 0. The fraction of sp³-hybridized carbons (Fsp3) is 0.455. The Bertz CT molecular complexity index is 340. The molecule has 14 heavy (non-hydrogen) atoms. The van der Waals surface area contributed by atoms with Gasteiger partial charge in [0, 0.05) is 22.6 Å². The van der Waals surface area contributed by atoms with Gasteiger partial charge in [0.2, 0.25) is 0 Å². The van der Waals surface area contributed by atoms with Crippen molar-refractivity contribution >= 4 is 11.8 Å². The van der Waals surface area contributed by atoms with E-state index >= 15 is 0 Å². The highest BCUT2D eigenvalue weighted by molar-refractivity contribution is 7.99. The molecule has 0 aliphatic carbocycles. The van der Waals surface area contributed by atoms with Crippen LogP contribution in [-0.4, -0.2) is 5.25 Å². The molecular weight excluding hydrogens is 197 g/mol. The average molecular weight is 211 g/mol. The molecular formula is C11H14FNS. The number of hydrogen-bond donors (Lipinski definition) is 1. The molecule has 1 aliphatic rings. The highest BCUT2D eigenvalue weighted by Gasteiger charge is 2.21. The SMILES string of the molecule is CC1C[C@@H](N)c2cccc(F)c2CS1. The maximum absolute atomic E-state index is 13.5. The van der Waals surface area contributed by atoms with Crippen molar-refractivity contribution in [3.63, 3.8) is 0 Å². The Balaban J connectivity index is 2.43. The minimum atomic E-state index is -0.112. The Morgan fingerprint density at radius 1 is 1.50 bits per heavy atom. The molecule has 1 aromatic carbocycles. The molecule has 0 fully saturated rings. The van der Waals surface area contributed by atoms with Crippen LogP contribution in [-0.2, 0) is 5.75 Å². The third kappa shape index (κ3) is 1.79. The van der Waals surface area contributed by atoms with E-state index in [-0.39, 0.29) is 11.9 Å².